The van der Waals surface area contributed by atoms with Crippen molar-refractivity contribution in [3.63, 3.8) is 0 Å². The molecule has 1 N–H and O–H groups in total. The van der Waals surface area contributed by atoms with E-state index >= 15 is 0 Å². The van der Waals surface area contributed by atoms with Crippen molar-refractivity contribution < 1.29 is 9.53 Å². The number of carbonyl (C=O) groups excluding carboxylic acids is 1. The molecule has 31 heavy (non-hydrogen) atoms. The summed E-state index contributed by atoms with van der Waals surface area (Å²) in [5.74, 6) is 1.40. The van der Waals surface area contributed by atoms with Gasteiger partial charge in [-0.1, -0.05) is 56.3 Å². The molecule has 6 nitrogen and oxygen atoms in total. The Hall–Kier alpha value is -3.28. The summed E-state index contributed by atoms with van der Waals surface area (Å²) in [5, 5.41) is 7.77. The summed E-state index contributed by atoms with van der Waals surface area (Å²) in [4.78, 5) is 14.6. The maximum Gasteiger partial charge on any atom is 0.317 e. The van der Waals surface area contributed by atoms with Crippen LogP contribution in [-0.2, 0) is 13.6 Å². The van der Waals surface area contributed by atoms with Gasteiger partial charge in [-0.25, -0.2) is 9.48 Å². The molecule has 0 saturated heterocycles. The van der Waals surface area contributed by atoms with Gasteiger partial charge in [-0.15, -0.1) is 0 Å². The minimum atomic E-state index is -0.0620. The molecule has 6 heteroatoms. The number of hydrogen-bond donors (Lipinski definition) is 1. The van der Waals surface area contributed by atoms with Crippen LogP contribution in [0, 0.1) is 6.92 Å². The van der Waals surface area contributed by atoms with Crippen LogP contribution >= 0.6 is 0 Å². The van der Waals surface area contributed by atoms with Gasteiger partial charge >= 0.3 is 6.03 Å². The second kappa shape index (κ2) is 10.7. The fourth-order valence-electron chi connectivity index (χ4n) is 3.50. The number of carbonyl (C=O) groups is 1. The molecule has 3 aromatic rings. The molecule has 0 saturated carbocycles. The van der Waals surface area contributed by atoms with Crippen molar-refractivity contribution in [3.05, 3.63) is 65.7 Å². The zero-order valence-electron chi connectivity index (χ0n) is 18.9. The normalized spacial score (nSPS) is 10.7. The summed E-state index contributed by atoms with van der Waals surface area (Å²) in [7, 11) is 1.88. The van der Waals surface area contributed by atoms with E-state index < -0.39 is 0 Å². The number of rotatable bonds is 9. The monoisotopic (exact) mass is 420 g/mol. The fourth-order valence-corrected chi connectivity index (χ4v) is 3.50. The average molecular weight is 421 g/mol. The third kappa shape index (κ3) is 5.66. The van der Waals surface area contributed by atoms with E-state index in [4.69, 9.17) is 9.84 Å². The molecule has 2 aromatic carbocycles. The summed E-state index contributed by atoms with van der Waals surface area (Å²) in [6.45, 7) is 7.89. The Labute approximate surface area is 184 Å². The highest BCUT2D eigenvalue weighted by atomic mass is 16.5. The van der Waals surface area contributed by atoms with Gasteiger partial charge in [0.05, 0.1) is 12.1 Å². The van der Waals surface area contributed by atoms with Crippen molar-refractivity contribution in [3.8, 4) is 22.9 Å². The molecule has 1 heterocycles. The van der Waals surface area contributed by atoms with Gasteiger partial charge in [0.15, 0.2) is 0 Å². The topological polar surface area (TPSA) is 59.4 Å². The van der Waals surface area contributed by atoms with E-state index in [-0.39, 0.29) is 6.03 Å². The lowest BCUT2D eigenvalue weighted by Crippen LogP contribution is -2.40. The van der Waals surface area contributed by atoms with Gasteiger partial charge in [0.1, 0.15) is 11.4 Å². The minimum Gasteiger partial charge on any atom is -0.439 e. The van der Waals surface area contributed by atoms with E-state index in [9.17, 15) is 4.79 Å². The third-order valence-electron chi connectivity index (χ3n) is 5.00. The summed E-state index contributed by atoms with van der Waals surface area (Å²) in [6.07, 6.45) is 1.77. The third-order valence-corrected chi connectivity index (χ3v) is 5.00. The number of amides is 2. The summed E-state index contributed by atoms with van der Waals surface area (Å²) in [5.41, 5.74) is 3.85. The van der Waals surface area contributed by atoms with Gasteiger partial charge in [0.2, 0.25) is 5.88 Å². The molecule has 0 spiro atoms. The van der Waals surface area contributed by atoms with Crippen LogP contribution in [0.1, 0.15) is 37.8 Å². The molecule has 1 aromatic heterocycles. The van der Waals surface area contributed by atoms with Crippen LogP contribution in [0.25, 0.3) is 11.3 Å². The van der Waals surface area contributed by atoms with E-state index in [1.54, 1.807) is 4.68 Å². The minimum absolute atomic E-state index is 0.0620. The van der Waals surface area contributed by atoms with Crippen molar-refractivity contribution in [2.75, 3.05) is 13.1 Å². The molecule has 2 amide bonds. The van der Waals surface area contributed by atoms with Gasteiger partial charge in [0.25, 0.3) is 0 Å². The van der Waals surface area contributed by atoms with E-state index in [2.05, 4.69) is 12.2 Å². The van der Waals surface area contributed by atoms with Crippen molar-refractivity contribution in [1.82, 2.24) is 20.0 Å². The highest BCUT2D eigenvalue weighted by molar-refractivity contribution is 5.75. The van der Waals surface area contributed by atoms with Crippen LogP contribution in [0.4, 0.5) is 4.79 Å². The summed E-state index contributed by atoms with van der Waals surface area (Å²) in [6, 6.07) is 17.9. The average Bonchev–Trinajstić information content (AvgIpc) is 3.07. The standard InChI is InChI=1S/C25H32N4O2/c1-5-15-26-25(30)29(16-6-2)18-22-23(20-12-8-7-9-13-20)27-28(4)24(22)31-21-14-10-11-19(3)17-21/h7-14,17H,5-6,15-16,18H2,1-4H3,(H,26,30). The van der Waals surface area contributed by atoms with Crippen molar-refractivity contribution in [2.45, 2.75) is 40.2 Å². The molecular weight excluding hydrogens is 388 g/mol. The molecule has 0 aliphatic carbocycles. The molecule has 0 aliphatic rings. The Balaban J connectivity index is 2.02. The van der Waals surface area contributed by atoms with Crippen LogP contribution in [0.5, 0.6) is 11.6 Å². The SMILES string of the molecule is CCCNC(=O)N(CCC)Cc1c(-c2ccccc2)nn(C)c1Oc1cccc(C)c1. The number of nitrogens with one attached hydrogen (secondary N) is 1. The predicted molar refractivity (Wildman–Crippen MR) is 124 cm³/mol. The Morgan fingerprint density at radius 2 is 1.87 bits per heavy atom. The molecule has 0 atom stereocenters. The van der Waals surface area contributed by atoms with E-state index in [0.29, 0.717) is 25.5 Å². The van der Waals surface area contributed by atoms with Crippen LogP contribution < -0.4 is 10.1 Å². The Kier molecular flexibility index (Phi) is 7.70. The largest absolute Gasteiger partial charge is 0.439 e. The first-order valence-electron chi connectivity index (χ1n) is 10.9. The van der Waals surface area contributed by atoms with Crippen molar-refractivity contribution in [1.29, 1.82) is 0 Å². The van der Waals surface area contributed by atoms with Crippen LogP contribution in [-0.4, -0.2) is 33.8 Å². The van der Waals surface area contributed by atoms with Gasteiger partial charge < -0.3 is 15.0 Å². The highest BCUT2D eigenvalue weighted by Crippen LogP contribution is 2.34. The quantitative estimate of drug-likeness (QED) is 0.496. The lowest BCUT2D eigenvalue weighted by atomic mass is 10.1. The van der Waals surface area contributed by atoms with E-state index in [1.807, 2.05) is 80.4 Å². The van der Waals surface area contributed by atoms with E-state index in [1.165, 1.54) is 0 Å². The second-order valence-electron chi connectivity index (χ2n) is 7.69. The zero-order chi connectivity index (χ0) is 22.2. The zero-order valence-corrected chi connectivity index (χ0v) is 18.9. The van der Waals surface area contributed by atoms with Crippen LogP contribution in [0.15, 0.2) is 54.6 Å². The Morgan fingerprint density at radius 1 is 1.10 bits per heavy atom. The van der Waals surface area contributed by atoms with Crippen molar-refractivity contribution >= 4 is 6.03 Å². The number of benzene rings is 2. The van der Waals surface area contributed by atoms with Gasteiger partial charge in [-0.3, -0.25) is 0 Å². The number of urea groups is 1. The molecule has 3 rings (SSSR count). The summed E-state index contributed by atoms with van der Waals surface area (Å²) < 4.78 is 8.06. The number of hydrogen-bond acceptors (Lipinski definition) is 3. The van der Waals surface area contributed by atoms with Crippen molar-refractivity contribution in [2.24, 2.45) is 7.05 Å². The maximum atomic E-state index is 12.8. The second-order valence-corrected chi connectivity index (χ2v) is 7.69. The molecule has 0 unspecified atom stereocenters. The van der Waals surface area contributed by atoms with Gasteiger partial charge in [0, 0.05) is 25.7 Å². The van der Waals surface area contributed by atoms with E-state index in [0.717, 1.165) is 41.0 Å². The number of aromatic nitrogens is 2. The fraction of sp³-hybridized carbons (Fsp3) is 0.360. The molecular formula is C25H32N4O2. The summed E-state index contributed by atoms with van der Waals surface area (Å²) >= 11 is 0. The maximum absolute atomic E-state index is 12.8. The molecule has 0 fully saturated rings. The predicted octanol–water partition coefficient (Wildman–Crippen LogP) is 5.52. The first-order valence-corrected chi connectivity index (χ1v) is 10.9. The highest BCUT2D eigenvalue weighted by Gasteiger charge is 2.24. The first-order chi connectivity index (χ1) is 15.0. The number of aryl methyl sites for hydroxylation is 2. The molecule has 164 valence electrons. The van der Waals surface area contributed by atoms with Crippen LogP contribution in [0.2, 0.25) is 0 Å². The lowest BCUT2D eigenvalue weighted by Gasteiger charge is -2.23. The first kappa shape index (κ1) is 22.4. The number of ether oxygens (including phenoxy) is 1. The molecule has 0 bridgehead atoms. The molecule has 0 radical (unpaired) electrons. The smallest absolute Gasteiger partial charge is 0.317 e. The Bertz CT molecular complexity index is 998. The molecule has 0 aliphatic heterocycles. The number of nitrogens with zero attached hydrogens (tertiary/aromatic N) is 3. The van der Waals surface area contributed by atoms with Crippen LogP contribution in [0.3, 0.4) is 0 Å². The van der Waals surface area contributed by atoms with Gasteiger partial charge in [-0.2, -0.15) is 5.10 Å². The Morgan fingerprint density at radius 3 is 2.55 bits per heavy atom. The lowest BCUT2D eigenvalue weighted by molar-refractivity contribution is 0.194. The van der Waals surface area contributed by atoms with Gasteiger partial charge in [-0.05, 0) is 37.5 Å².